The van der Waals surface area contributed by atoms with Gasteiger partial charge < -0.3 is 10.6 Å². The summed E-state index contributed by atoms with van der Waals surface area (Å²) in [5.41, 5.74) is 3.73. The molecule has 0 aliphatic carbocycles. The molecule has 0 atom stereocenters. The largest absolute Gasteiger partial charge is 0.332 e. The van der Waals surface area contributed by atoms with Crippen molar-refractivity contribution in [2.24, 2.45) is 0 Å². The first-order valence-electron chi connectivity index (χ1n) is 8.54. The van der Waals surface area contributed by atoms with Gasteiger partial charge in [0.2, 0.25) is 0 Å². The number of nitrogens with zero attached hydrogens (tertiary/aromatic N) is 2. The van der Waals surface area contributed by atoms with Crippen LogP contribution in [0, 0.1) is 0 Å². The number of hydrogen-bond donors (Lipinski definition) is 3. The van der Waals surface area contributed by atoms with E-state index in [1.807, 2.05) is 12.1 Å². The van der Waals surface area contributed by atoms with Crippen LogP contribution in [0.4, 0.5) is 16.4 Å². The highest BCUT2D eigenvalue weighted by atomic mass is 35.5. The molecule has 3 N–H and O–H groups in total. The molecule has 7 nitrogen and oxygen atoms in total. The van der Waals surface area contributed by atoms with Gasteiger partial charge in [0.15, 0.2) is 5.11 Å². The average molecular weight is 476 g/mol. The fourth-order valence-corrected chi connectivity index (χ4v) is 4.89. The molecule has 2 aromatic heterocycles. The van der Waals surface area contributed by atoms with Crippen LogP contribution in [0.5, 0.6) is 0 Å². The Morgan fingerprint density at radius 3 is 2.60 bits per heavy atom. The summed E-state index contributed by atoms with van der Waals surface area (Å²) in [7, 11) is -3.68. The zero-order chi connectivity index (χ0) is 21.1. The van der Waals surface area contributed by atoms with Gasteiger partial charge in [-0.2, -0.15) is 0 Å². The third kappa shape index (κ3) is 4.68. The molecule has 0 radical (unpaired) electrons. The average Bonchev–Trinajstić information content (AvgIpc) is 3.20. The van der Waals surface area contributed by atoms with Gasteiger partial charge in [-0.25, -0.2) is 8.42 Å². The number of halogens is 1. The summed E-state index contributed by atoms with van der Waals surface area (Å²) in [6.07, 6.45) is 3.12. The third-order valence-corrected chi connectivity index (χ3v) is 6.68. The number of thiazole rings is 1. The summed E-state index contributed by atoms with van der Waals surface area (Å²) < 4.78 is 27.3. The summed E-state index contributed by atoms with van der Waals surface area (Å²) in [4.78, 5) is 8.29. The highest BCUT2D eigenvalue weighted by molar-refractivity contribution is 7.93. The molecule has 2 aromatic carbocycles. The predicted octanol–water partition coefficient (Wildman–Crippen LogP) is 4.95. The van der Waals surface area contributed by atoms with Crippen molar-refractivity contribution in [3.8, 4) is 0 Å². The topological polar surface area (TPSA) is 96.0 Å². The van der Waals surface area contributed by atoms with Crippen molar-refractivity contribution in [2.45, 2.75) is 4.90 Å². The van der Waals surface area contributed by atoms with Gasteiger partial charge in [0.1, 0.15) is 5.00 Å². The molecule has 4 rings (SSSR count). The second-order valence-corrected chi connectivity index (χ2v) is 9.51. The predicted molar refractivity (Wildman–Crippen MR) is 126 cm³/mol. The van der Waals surface area contributed by atoms with Crippen LogP contribution in [0.25, 0.3) is 10.9 Å². The smallest absolute Gasteiger partial charge is 0.262 e. The third-order valence-electron chi connectivity index (χ3n) is 4.04. The number of fused-ring (bicyclic) bond motifs is 1. The Bertz CT molecular complexity index is 1310. The van der Waals surface area contributed by atoms with Gasteiger partial charge >= 0.3 is 0 Å². The van der Waals surface area contributed by atoms with Crippen molar-refractivity contribution in [3.05, 3.63) is 71.5 Å². The molecule has 0 unspecified atom stereocenters. The van der Waals surface area contributed by atoms with Crippen molar-refractivity contribution >= 4 is 77.6 Å². The first kappa shape index (κ1) is 20.5. The molecule has 0 aliphatic heterocycles. The van der Waals surface area contributed by atoms with Gasteiger partial charge in [-0.15, -0.1) is 11.3 Å². The Hall–Kier alpha value is -2.79. The van der Waals surface area contributed by atoms with Gasteiger partial charge in [0, 0.05) is 22.3 Å². The maximum atomic E-state index is 12.4. The van der Waals surface area contributed by atoms with E-state index in [0.717, 1.165) is 16.6 Å². The number of anilines is 3. The molecule has 30 heavy (non-hydrogen) atoms. The molecule has 0 spiro atoms. The van der Waals surface area contributed by atoms with Gasteiger partial charge in [0.05, 0.1) is 27.8 Å². The lowest BCUT2D eigenvalue weighted by molar-refractivity contribution is 0.601. The second-order valence-electron chi connectivity index (χ2n) is 6.09. The number of sulfonamides is 1. The lowest BCUT2D eigenvalue weighted by Gasteiger charge is -2.13. The first-order chi connectivity index (χ1) is 14.4. The molecule has 11 heteroatoms. The molecule has 0 amide bonds. The number of benzene rings is 2. The summed E-state index contributed by atoms with van der Waals surface area (Å²) >= 11 is 12.6. The van der Waals surface area contributed by atoms with Crippen LogP contribution in [0.1, 0.15) is 0 Å². The second kappa shape index (κ2) is 8.52. The molecule has 0 fully saturated rings. The monoisotopic (exact) mass is 475 g/mol. The zero-order valence-corrected chi connectivity index (χ0v) is 18.4. The minimum absolute atomic E-state index is 0.136. The van der Waals surface area contributed by atoms with E-state index in [1.165, 1.54) is 29.7 Å². The van der Waals surface area contributed by atoms with Crippen LogP contribution in [0.2, 0.25) is 5.02 Å². The van der Waals surface area contributed by atoms with Gasteiger partial charge in [-0.05, 0) is 60.7 Å². The number of thiocarbonyl (C=S) groups is 1. The first-order valence-corrected chi connectivity index (χ1v) is 11.7. The van der Waals surface area contributed by atoms with Crippen LogP contribution in [0.15, 0.2) is 71.3 Å². The summed E-state index contributed by atoms with van der Waals surface area (Å²) in [6.45, 7) is 0. The van der Waals surface area contributed by atoms with Crippen molar-refractivity contribution in [3.63, 3.8) is 0 Å². The van der Waals surface area contributed by atoms with Crippen molar-refractivity contribution in [1.29, 1.82) is 0 Å². The van der Waals surface area contributed by atoms with Crippen LogP contribution >= 0.6 is 35.2 Å². The van der Waals surface area contributed by atoms with E-state index in [1.54, 1.807) is 36.0 Å². The molecule has 0 aliphatic rings. The van der Waals surface area contributed by atoms with E-state index in [0.29, 0.717) is 20.8 Å². The molecule has 0 saturated carbocycles. The van der Waals surface area contributed by atoms with Crippen molar-refractivity contribution in [1.82, 2.24) is 9.97 Å². The highest BCUT2D eigenvalue weighted by Crippen LogP contribution is 2.25. The zero-order valence-electron chi connectivity index (χ0n) is 15.2. The molecule has 152 valence electrons. The SMILES string of the molecule is O=S(=O)(Nc1cncs1)c1ccc(NC(=S)Nc2ccnc3cc(Cl)ccc23)cc1. The maximum Gasteiger partial charge on any atom is 0.262 e. The number of aromatic nitrogens is 2. The number of pyridine rings is 1. The molecule has 4 aromatic rings. The normalized spacial score (nSPS) is 11.2. The van der Waals surface area contributed by atoms with Crippen molar-refractivity contribution < 1.29 is 8.42 Å². The fraction of sp³-hybridized carbons (Fsp3) is 0. The molecule has 0 saturated heterocycles. The van der Waals surface area contributed by atoms with Gasteiger partial charge in [-0.3, -0.25) is 14.7 Å². The Morgan fingerprint density at radius 1 is 1.07 bits per heavy atom. The molecular weight excluding hydrogens is 462 g/mol. The van der Waals surface area contributed by atoms with Crippen molar-refractivity contribution in [2.75, 3.05) is 15.4 Å². The Labute approximate surface area is 187 Å². The van der Waals surface area contributed by atoms with Gasteiger partial charge in [-0.1, -0.05) is 11.6 Å². The Morgan fingerprint density at radius 2 is 1.87 bits per heavy atom. The van der Waals surface area contributed by atoms with E-state index in [4.69, 9.17) is 23.8 Å². The maximum absolute atomic E-state index is 12.4. The van der Waals surface area contributed by atoms with E-state index >= 15 is 0 Å². The van der Waals surface area contributed by atoms with E-state index in [2.05, 4.69) is 25.3 Å². The lowest BCUT2D eigenvalue weighted by atomic mass is 10.2. The number of hydrogen-bond acceptors (Lipinski definition) is 6. The van der Waals surface area contributed by atoms with Crippen LogP contribution in [-0.2, 0) is 10.0 Å². The molecule has 2 heterocycles. The standard InChI is InChI=1S/C19H14ClN5O2S3/c20-12-1-6-15-16(7-8-22-17(15)9-12)24-19(28)23-13-2-4-14(5-3-13)30(26,27)25-18-10-21-11-29-18/h1-11,25H,(H2,22,23,24,28). The highest BCUT2D eigenvalue weighted by Gasteiger charge is 2.15. The van der Waals surface area contributed by atoms with E-state index in [9.17, 15) is 8.42 Å². The van der Waals surface area contributed by atoms with E-state index < -0.39 is 10.0 Å². The van der Waals surface area contributed by atoms with Crippen LogP contribution < -0.4 is 15.4 Å². The van der Waals surface area contributed by atoms with Gasteiger partial charge in [0.25, 0.3) is 10.0 Å². The van der Waals surface area contributed by atoms with Crippen LogP contribution in [0.3, 0.4) is 0 Å². The minimum atomic E-state index is -3.68. The molecule has 0 bridgehead atoms. The molecular formula is C19H14ClN5O2S3. The summed E-state index contributed by atoms with van der Waals surface area (Å²) in [5.74, 6) is 0. The lowest BCUT2D eigenvalue weighted by Crippen LogP contribution is -2.19. The number of rotatable bonds is 5. The Kier molecular flexibility index (Phi) is 5.82. The summed E-state index contributed by atoms with van der Waals surface area (Å²) in [6, 6.07) is 13.5. The Balaban J connectivity index is 1.45. The quantitative estimate of drug-likeness (QED) is 0.351. The minimum Gasteiger partial charge on any atom is -0.332 e. The fourth-order valence-electron chi connectivity index (χ4n) is 2.69. The van der Waals surface area contributed by atoms with E-state index in [-0.39, 0.29) is 4.90 Å². The number of nitrogens with one attached hydrogen (secondary N) is 3. The summed E-state index contributed by atoms with van der Waals surface area (Å²) in [5, 5.41) is 8.46. The van der Waals surface area contributed by atoms with Crippen LogP contribution in [-0.4, -0.2) is 23.5 Å².